The summed E-state index contributed by atoms with van der Waals surface area (Å²) in [5, 5.41) is 3.75. The van der Waals surface area contributed by atoms with E-state index in [1.807, 2.05) is 4.57 Å². The quantitative estimate of drug-likeness (QED) is 0.153. The Labute approximate surface area is 213 Å². The van der Waals surface area contributed by atoms with Gasteiger partial charge in [0, 0.05) is 40.9 Å². The molecule has 0 saturated heterocycles. The van der Waals surface area contributed by atoms with Crippen molar-refractivity contribution in [3.05, 3.63) is 34.4 Å². The highest BCUT2D eigenvalue weighted by atomic mass is 127. The number of hydrogen-bond acceptors (Lipinski definition) is 9. The summed E-state index contributed by atoms with van der Waals surface area (Å²) in [4.78, 5) is 13.5. The van der Waals surface area contributed by atoms with Gasteiger partial charge in [-0.3, -0.25) is 4.57 Å². The van der Waals surface area contributed by atoms with Gasteiger partial charge in [0.05, 0.1) is 19.5 Å². The van der Waals surface area contributed by atoms with Crippen molar-refractivity contribution in [1.82, 2.24) is 19.5 Å². The van der Waals surface area contributed by atoms with Gasteiger partial charge in [-0.1, -0.05) is 4.57 Å². The van der Waals surface area contributed by atoms with E-state index in [-0.39, 0.29) is 25.9 Å². The fraction of sp³-hybridized carbons (Fsp3) is 0.476. The summed E-state index contributed by atoms with van der Waals surface area (Å²) < 4.78 is 45.5. The normalized spacial score (nSPS) is 13.4. The SMILES string of the molecule is CCOC([P+](=O)c1ccc(Nc2nc(I)nc3c2ncn3C(C)C)cc1)P(=O)(OCC)OCC. The molecule has 34 heavy (non-hydrogen) atoms. The number of halogens is 1. The summed E-state index contributed by atoms with van der Waals surface area (Å²) in [7, 11) is -5.94. The zero-order valence-electron chi connectivity index (χ0n) is 19.8. The summed E-state index contributed by atoms with van der Waals surface area (Å²) in [5.74, 6) is 0.579. The van der Waals surface area contributed by atoms with Crippen molar-refractivity contribution in [3.8, 4) is 0 Å². The molecule has 184 valence electrons. The number of fused-ring (bicyclic) bond motifs is 1. The minimum Gasteiger partial charge on any atom is -0.338 e. The van der Waals surface area contributed by atoms with E-state index in [9.17, 15) is 9.13 Å². The van der Waals surface area contributed by atoms with E-state index in [0.717, 1.165) is 11.3 Å². The monoisotopic (exact) mass is 620 g/mol. The van der Waals surface area contributed by atoms with Crippen molar-refractivity contribution in [1.29, 1.82) is 0 Å². The lowest BCUT2D eigenvalue weighted by atomic mass is 10.3. The van der Waals surface area contributed by atoms with Gasteiger partial charge in [-0.2, -0.15) is 0 Å². The molecule has 2 aromatic heterocycles. The predicted molar refractivity (Wildman–Crippen MR) is 142 cm³/mol. The van der Waals surface area contributed by atoms with Gasteiger partial charge in [0.25, 0.3) is 0 Å². The molecule has 1 aromatic carbocycles. The van der Waals surface area contributed by atoms with Crippen LogP contribution in [0.2, 0.25) is 0 Å². The first-order valence-electron chi connectivity index (χ1n) is 11.0. The lowest BCUT2D eigenvalue weighted by Gasteiger charge is -2.19. The number of ether oxygens (including phenoxy) is 1. The van der Waals surface area contributed by atoms with Gasteiger partial charge in [-0.25, -0.2) is 15.0 Å². The molecule has 0 bridgehead atoms. The largest absolute Gasteiger partial charge is 0.421 e. The van der Waals surface area contributed by atoms with Gasteiger partial charge in [-0.05, 0) is 58.9 Å². The van der Waals surface area contributed by atoms with E-state index >= 15 is 0 Å². The Morgan fingerprint density at radius 3 is 2.29 bits per heavy atom. The Bertz CT molecular complexity index is 1180. The first-order valence-corrected chi connectivity index (χ1v) is 15.0. The van der Waals surface area contributed by atoms with Crippen molar-refractivity contribution >= 4 is 66.0 Å². The summed E-state index contributed by atoms with van der Waals surface area (Å²) >= 11 is 2.08. The molecule has 0 fully saturated rings. The molecular weight excluding hydrogens is 591 g/mol. The van der Waals surface area contributed by atoms with Crippen LogP contribution in [0.4, 0.5) is 11.5 Å². The van der Waals surface area contributed by atoms with Crippen molar-refractivity contribution < 1.29 is 22.9 Å². The number of nitrogens with zero attached hydrogens (tertiary/aromatic N) is 4. The van der Waals surface area contributed by atoms with Gasteiger partial charge in [0.1, 0.15) is 0 Å². The molecule has 0 aliphatic heterocycles. The molecular formula is C21H29IN5O5P2+. The molecule has 0 saturated carbocycles. The number of hydrogen-bond donors (Lipinski definition) is 1. The van der Waals surface area contributed by atoms with Crippen LogP contribution in [-0.2, 0) is 22.9 Å². The fourth-order valence-corrected chi connectivity index (χ4v) is 7.93. The molecule has 0 aliphatic carbocycles. The number of nitrogens with one attached hydrogen (secondary N) is 1. The zero-order valence-corrected chi connectivity index (χ0v) is 23.7. The Hall–Kier alpha value is -1.49. The molecule has 3 aromatic rings. The van der Waals surface area contributed by atoms with Crippen LogP contribution >= 0.6 is 38.0 Å². The summed E-state index contributed by atoms with van der Waals surface area (Å²) in [6.45, 7) is 9.83. The highest BCUT2D eigenvalue weighted by molar-refractivity contribution is 14.1. The van der Waals surface area contributed by atoms with Gasteiger partial charge >= 0.3 is 21.0 Å². The highest BCUT2D eigenvalue weighted by Gasteiger charge is 2.51. The van der Waals surface area contributed by atoms with Crippen LogP contribution in [0, 0.1) is 3.83 Å². The summed E-state index contributed by atoms with van der Waals surface area (Å²) in [5.41, 5.74) is 0.955. The van der Waals surface area contributed by atoms with Crippen molar-refractivity contribution in [2.24, 2.45) is 0 Å². The average molecular weight is 620 g/mol. The Morgan fingerprint density at radius 2 is 1.74 bits per heavy atom. The molecule has 2 unspecified atom stereocenters. The van der Waals surface area contributed by atoms with E-state index in [2.05, 4.69) is 56.7 Å². The maximum absolute atomic E-state index is 13.3. The minimum absolute atomic E-state index is 0.158. The number of aromatic nitrogens is 4. The minimum atomic E-state index is -3.72. The third-order valence-electron chi connectivity index (χ3n) is 4.74. The van der Waals surface area contributed by atoms with Gasteiger partial charge in [-0.15, -0.1) is 0 Å². The molecule has 1 N–H and O–H groups in total. The fourth-order valence-electron chi connectivity index (χ4n) is 3.27. The van der Waals surface area contributed by atoms with Crippen LogP contribution < -0.4 is 10.6 Å². The lowest BCUT2D eigenvalue weighted by Crippen LogP contribution is -2.17. The van der Waals surface area contributed by atoms with Gasteiger partial charge < -0.3 is 23.7 Å². The maximum atomic E-state index is 13.3. The van der Waals surface area contributed by atoms with E-state index < -0.39 is 21.0 Å². The van der Waals surface area contributed by atoms with E-state index in [0.29, 0.717) is 20.5 Å². The van der Waals surface area contributed by atoms with Gasteiger partial charge in [0.15, 0.2) is 26.1 Å². The molecule has 0 radical (unpaired) electrons. The Kier molecular flexibility index (Phi) is 9.54. The smallest absolute Gasteiger partial charge is 0.338 e. The molecule has 13 heteroatoms. The molecule has 0 aliphatic rings. The van der Waals surface area contributed by atoms with Gasteiger partial charge in [0.2, 0.25) is 0 Å². The number of benzene rings is 1. The van der Waals surface area contributed by atoms with Crippen molar-refractivity contribution in [3.63, 3.8) is 0 Å². The Morgan fingerprint density at radius 1 is 1.09 bits per heavy atom. The van der Waals surface area contributed by atoms with Crippen LogP contribution in [0.25, 0.3) is 11.2 Å². The summed E-state index contributed by atoms with van der Waals surface area (Å²) in [6, 6.07) is 7.16. The second kappa shape index (κ2) is 12.0. The first-order chi connectivity index (χ1) is 16.2. The molecule has 3 rings (SSSR count). The molecule has 0 spiro atoms. The van der Waals surface area contributed by atoms with Crippen LogP contribution in [0.5, 0.6) is 0 Å². The van der Waals surface area contributed by atoms with Crippen LogP contribution in [0.1, 0.15) is 40.7 Å². The molecule has 10 nitrogen and oxygen atoms in total. The topological polar surface area (TPSA) is 117 Å². The van der Waals surface area contributed by atoms with Crippen molar-refractivity contribution in [2.75, 3.05) is 25.1 Å². The van der Waals surface area contributed by atoms with Crippen LogP contribution in [-0.4, -0.2) is 44.9 Å². The number of imidazole rings is 1. The average Bonchev–Trinajstić information content (AvgIpc) is 3.22. The second-order valence-electron chi connectivity index (χ2n) is 7.41. The van der Waals surface area contributed by atoms with Crippen LogP contribution in [0.3, 0.4) is 0 Å². The van der Waals surface area contributed by atoms with Crippen LogP contribution in [0.15, 0.2) is 30.6 Å². The van der Waals surface area contributed by atoms with E-state index in [1.165, 1.54) is 0 Å². The molecule has 2 atom stereocenters. The third kappa shape index (κ3) is 6.01. The zero-order chi connectivity index (χ0) is 24.9. The number of rotatable bonds is 12. The maximum Gasteiger partial charge on any atom is 0.421 e. The van der Waals surface area contributed by atoms with Crippen molar-refractivity contribution in [2.45, 2.75) is 46.2 Å². The Balaban J connectivity index is 1.87. The highest BCUT2D eigenvalue weighted by Crippen LogP contribution is 2.61. The first kappa shape index (κ1) is 27.1. The second-order valence-corrected chi connectivity index (χ2v) is 12.5. The molecule has 0 amide bonds. The third-order valence-corrected chi connectivity index (χ3v) is 9.98. The summed E-state index contributed by atoms with van der Waals surface area (Å²) in [6.07, 6.45) is 1.75. The molecule has 2 heterocycles. The number of anilines is 2. The van der Waals surface area contributed by atoms with E-state index in [1.54, 1.807) is 51.4 Å². The lowest BCUT2D eigenvalue weighted by molar-refractivity contribution is 0.120. The standard InChI is InChI=1S/C21H29IN5O5P2/c1-6-30-21(34(29,31-7-2)32-8-3)33(28)16-11-9-15(10-12-16)24-18-17-19(26-20(22)25-18)27(13-23-17)14(4)5/h9-14,21H,6-8H2,1-5H3,(H,24,25,26)/q+1. The van der Waals surface area contributed by atoms with E-state index in [4.69, 9.17) is 13.8 Å². The predicted octanol–water partition coefficient (Wildman–Crippen LogP) is 5.79.